The summed E-state index contributed by atoms with van der Waals surface area (Å²) in [5.74, 6) is 0. The molecule has 0 radical (unpaired) electrons. The van der Waals surface area contributed by atoms with Crippen LogP contribution in [0.25, 0.3) is 10.4 Å². The van der Waals surface area contributed by atoms with Crippen molar-refractivity contribution in [1.29, 1.82) is 0 Å². The lowest BCUT2D eigenvalue weighted by atomic mass is 10.2. The number of rotatable bonds is 5. The van der Waals surface area contributed by atoms with Crippen molar-refractivity contribution in [2.24, 2.45) is 0 Å². The predicted molar refractivity (Wildman–Crippen MR) is 88.0 cm³/mol. The lowest BCUT2D eigenvalue weighted by Crippen LogP contribution is -2.22. The zero-order chi connectivity index (χ0) is 15.4. The first-order chi connectivity index (χ1) is 10.6. The Kier molecular flexibility index (Phi) is 4.33. The largest absolute Gasteiger partial charge is 0.265 e. The zero-order valence-corrected chi connectivity index (χ0v) is 13.3. The van der Waals surface area contributed by atoms with Crippen molar-refractivity contribution in [3.05, 3.63) is 72.6 Å². The van der Waals surface area contributed by atoms with Crippen LogP contribution in [0.5, 0.6) is 0 Å². The maximum Gasteiger partial charge on any atom is 0.250 e. The summed E-state index contributed by atoms with van der Waals surface area (Å²) in [6, 6.07) is 16.6. The van der Waals surface area contributed by atoms with E-state index >= 15 is 0 Å². The summed E-state index contributed by atoms with van der Waals surface area (Å²) in [6.07, 6.45) is 3.38. The molecule has 0 fully saturated rings. The number of pyridine rings is 1. The van der Waals surface area contributed by atoms with Crippen LogP contribution < -0.4 is 4.72 Å². The fourth-order valence-corrected chi connectivity index (χ4v) is 4.36. The normalized spacial score (nSPS) is 11.5. The molecule has 0 aliphatic heterocycles. The van der Waals surface area contributed by atoms with Gasteiger partial charge in [0.1, 0.15) is 4.21 Å². The highest BCUT2D eigenvalue weighted by Gasteiger charge is 2.17. The van der Waals surface area contributed by atoms with Gasteiger partial charge in [0.15, 0.2) is 0 Å². The Morgan fingerprint density at radius 1 is 0.955 bits per heavy atom. The van der Waals surface area contributed by atoms with E-state index in [9.17, 15) is 8.42 Å². The number of thiophene rings is 1. The number of nitrogens with zero attached hydrogens (tertiary/aromatic N) is 1. The Balaban J connectivity index is 1.77. The summed E-state index contributed by atoms with van der Waals surface area (Å²) in [5.41, 5.74) is 1.89. The summed E-state index contributed by atoms with van der Waals surface area (Å²) < 4.78 is 27.6. The van der Waals surface area contributed by atoms with Crippen LogP contribution in [0, 0.1) is 0 Å². The van der Waals surface area contributed by atoms with Crippen LogP contribution in [0.4, 0.5) is 0 Å². The molecule has 2 aromatic heterocycles. The average molecular weight is 330 g/mol. The lowest BCUT2D eigenvalue weighted by Gasteiger charge is -2.04. The monoisotopic (exact) mass is 330 g/mol. The molecule has 0 saturated heterocycles. The van der Waals surface area contributed by atoms with Crippen LogP contribution in [-0.4, -0.2) is 13.4 Å². The molecule has 6 heteroatoms. The molecule has 0 bridgehead atoms. The Labute approximate surface area is 133 Å². The molecule has 0 saturated carbocycles. The minimum Gasteiger partial charge on any atom is -0.265 e. The van der Waals surface area contributed by atoms with Gasteiger partial charge in [-0.05, 0) is 35.4 Å². The van der Waals surface area contributed by atoms with Gasteiger partial charge in [0.25, 0.3) is 0 Å². The molecule has 1 aromatic carbocycles. The summed E-state index contributed by atoms with van der Waals surface area (Å²) in [4.78, 5) is 4.87. The Bertz CT molecular complexity index is 844. The molecular formula is C16H14N2O2S2. The SMILES string of the molecule is O=S(=O)(NCc1ccccc1)c1ccc(-c2ccncc2)s1. The van der Waals surface area contributed by atoms with Gasteiger partial charge >= 0.3 is 0 Å². The van der Waals surface area contributed by atoms with Gasteiger partial charge in [-0.2, -0.15) is 0 Å². The molecule has 22 heavy (non-hydrogen) atoms. The standard InChI is InChI=1S/C16H14N2O2S2/c19-22(20,18-12-13-4-2-1-3-5-13)16-7-6-15(21-16)14-8-10-17-11-9-14/h1-11,18H,12H2. The number of hydrogen-bond acceptors (Lipinski definition) is 4. The number of nitrogens with one attached hydrogen (secondary N) is 1. The fourth-order valence-electron chi connectivity index (χ4n) is 1.98. The molecular weight excluding hydrogens is 316 g/mol. The Morgan fingerprint density at radius 3 is 2.41 bits per heavy atom. The minimum atomic E-state index is -3.49. The molecule has 0 unspecified atom stereocenters. The van der Waals surface area contributed by atoms with E-state index in [1.54, 1.807) is 18.5 Å². The molecule has 0 atom stereocenters. The van der Waals surface area contributed by atoms with Gasteiger partial charge in [0, 0.05) is 23.8 Å². The highest BCUT2D eigenvalue weighted by Crippen LogP contribution is 2.30. The maximum atomic E-state index is 12.3. The molecule has 0 amide bonds. The summed E-state index contributed by atoms with van der Waals surface area (Å²) in [7, 11) is -3.49. The van der Waals surface area contributed by atoms with Crippen molar-refractivity contribution < 1.29 is 8.42 Å². The van der Waals surface area contributed by atoms with E-state index < -0.39 is 10.0 Å². The van der Waals surface area contributed by atoms with Crippen LogP contribution in [0.15, 0.2) is 71.2 Å². The zero-order valence-electron chi connectivity index (χ0n) is 11.6. The highest BCUT2D eigenvalue weighted by atomic mass is 32.2. The first-order valence-corrected chi connectivity index (χ1v) is 8.99. The van der Waals surface area contributed by atoms with Crippen LogP contribution in [-0.2, 0) is 16.6 Å². The summed E-state index contributed by atoms with van der Waals surface area (Å²) in [6.45, 7) is 0.283. The number of hydrogen-bond donors (Lipinski definition) is 1. The van der Waals surface area contributed by atoms with Crippen molar-refractivity contribution in [3.8, 4) is 10.4 Å². The van der Waals surface area contributed by atoms with E-state index in [1.165, 1.54) is 11.3 Å². The highest BCUT2D eigenvalue weighted by molar-refractivity contribution is 7.91. The topological polar surface area (TPSA) is 59.1 Å². The van der Waals surface area contributed by atoms with Crippen molar-refractivity contribution in [3.63, 3.8) is 0 Å². The number of benzene rings is 1. The molecule has 112 valence electrons. The minimum absolute atomic E-state index is 0.283. The molecule has 4 nitrogen and oxygen atoms in total. The second-order valence-corrected chi connectivity index (χ2v) is 7.74. The van der Waals surface area contributed by atoms with Crippen molar-refractivity contribution >= 4 is 21.4 Å². The predicted octanol–water partition coefficient (Wildman–Crippen LogP) is 3.29. The molecule has 0 spiro atoms. The van der Waals surface area contributed by atoms with Crippen LogP contribution >= 0.6 is 11.3 Å². The van der Waals surface area contributed by atoms with E-state index in [0.717, 1.165) is 16.0 Å². The van der Waals surface area contributed by atoms with Gasteiger partial charge in [0.2, 0.25) is 10.0 Å². The third-order valence-electron chi connectivity index (χ3n) is 3.12. The van der Waals surface area contributed by atoms with Crippen LogP contribution in [0.3, 0.4) is 0 Å². The quantitative estimate of drug-likeness (QED) is 0.781. The first-order valence-electron chi connectivity index (χ1n) is 6.69. The van der Waals surface area contributed by atoms with Gasteiger partial charge in [-0.1, -0.05) is 30.3 Å². The average Bonchev–Trinajstić information content (AvgIpc) is 3.06. The van der Waals surface area contributed by atoms with E-state index in [4.69, 9.17) is 0 Å². The van der Waals surface area contributed by atoms with Gasteiger partial charge < -0.3 is 0 Å². The second-order valence-electron chi connectivity index (χ2n) is 4.66. The molecule has 0 aliphatic carbocycles. The first kappa shape index (κ1) is 14.9. The molecule has 0 aliphatic rings. The molecule has 2 heterocycles. The summed E-state index contributed by atoms with van der Waals surface area (Å²) in [5, 5.41) is 0. The van der Waals surface area contributed by atoms with Gasteiger partial charge in [-0.25, -0.2) is 13.1 Å². The fraction of sp³-hybridized carbons (Fsp3) is 0.0625. The van der Waals surface area contributed by atoms with E-state index in [1.807, 2.05) is 48.5 Å². The molecule has 1 N–H and O–H groups in total. The van der Waals surface area contributed by atoms with Crippen LogP contribution in [0.2, 0.25) is 0 Å². The third-order valence-corrected chi connectivity index (χ3v) is 6.15. The Morgan fingerprint density at radius 2 is 1.68 bits per heavy atom. The Hall–Kier alpha value is -2.02. The molecule has 3 aromatic rings. The van der Waals surface area contributed by atoms with Gasteiger partial charge in [-0.3, -0.25) is 4.98 Å². The van der Waals surface area contributed by atoms with E-state index in [0.29, 0.717) is 4.21 Å². The third kappa shape index (κ3) is 3.41. The molecule has 3 rings (SSSR count). The smallest absolute Gasteiger partial charge is 0.250 e. The lowest BCUT2D eigenvalue weighted by molar-refractivity contribution is 0.583. The van der Waals surface area contributed by atoms with Crippen molar-refractivity contribution in [2.45, 2.75) is 10.8 Å². The van der Waals surface area contributed by atoms with Crippen molar-refractivity contribution in [1.82, 2.24) is 9.71 Å². The van der Waals surface area contributed by atoms with Crippen molar-refractivity contribution in [2.75, 3.05) is 0 Å². The summed E-state index contributed by atoms with van der Waals surface area (Å²) >= 11 is 1.25. The second kappa shape index (κ2) is 6.39. The van der Waals surface area contributed by atoms with Crippen LogP contribution in [0.1, 0.15) is 5.56 Å². The number of aromatic nitrogens is 1. The van der Waals surface area contributed by atoms with Gasteiger partial charge in [0.05, 0.1) is 0 Å². The van der Waals surface area contributed by atoms with Gasteiger partial charge in [-0.15, -0.1) is 11.3 Å². The number of sulfonamides is 1. The van der Waals surface area contributed by atoms with E-state index in [-0.39, 0.29) is 6.54 Å². The van der Waals surface area contributed by atoms with E-state index in [2.05, 4.69) is 9.71 Å². The maximum absolute atomic E-state index is 12.3.